The van der Waals surface area contributed by atoms with Crippen molar-refractivity contribution in [3.63, 3.8) is 0 Å². The van der Waals surface area contributed by atoms with Crippen molar-refractivity contribution in [2.24, 2.45) is 21.7 Å². The minimum atomic E-state index is 0.0111. The normalized spacial score (nSPS) is 24.4. The molecule has 172 valence electrons. The molecule has 1 saturated carbocycles. The lowest BCUT2D eigenvalue weighted by Crippen LogP contribution is -2.45. The van der Waals surface area contributed by atoms with Crippen molar-refractivity contribution in [2.45, 2.75) is 31.8 Å². The smallest absolute Gasteiger partial charge is 0.131 e. The summed E-state index contributed by atoms with van der Waals surface area (Å²) in [5, 5.41) is 4.57. The first kappa shape index (κ1) is 22.2. The van der Waals surface area contributed by atoms with Gasteiger partial charge in [-0.15, -0.1) is 0 Å². The van der Waals surface area contributed by atoms with Crippen LogP contribution in [-0.4, -0.2) is 67.3 Å². The number of hydrogen-bond acceptors (Lipinski definition) is 7. The van der Waals surface area contributed by atoms with E-state index in [2.05, 4.69) is 57.6 Å². The van der Waals surface area contributed by atoms with Crippen molar-refractivity contribution in [1.29, 1.82) is 0 Å². The maximum Gasteiger partial charge on any atom is 0.131 e. The molecule has 0 spiro atoms. The zero-order valence-corrected chi connectivity index (χ0v) is 19.1. The standard InChI is InChI=1S/C24H34N6O2/c1-17(13-22(26-16-25)30-11-9-29(10-12-30)18(2)15-31-4)23-20-14-19(32-24(3)7-8-24)5-6-21(20)27-28-23/h5-6,13,16,20,27H,1-2,7-12,14-15H2,3-4H3,(H2,25,26)/b22-13+/t20-/m0/s1. The predicted octanol–water partition coefficient (Wildman–Crippen LogP) is 2.46. The third-order valence-corrected chi connectivity index (χ3v) is 6.40. The number of nitrogens with two attached hydrogens (primary N) is 1. The van der Waals surface area contributed by atoms with E-state index < -0.39 is 0 Å². The average molecular weight is 439 g/mol. The fourth-order valence-electron chi connectivity index (χ4n) is 4.23. The summed E-state index contributed by atoms with van der Waals surface area (Å²) >= 11 is 0. The van der Waals surface area contributed by atoms with E-state index in [0.29, 0.717) is 6.61 Å². The maximum atomic E-state index is 6.21. The number of allylic oxidation sites excluding steroid dienone is 6. The van der Waals surface area contributed by atoms with Crippen molar-refractivity contribution >= 4 is 12.1 Å². The number of nitrogens with zero attached hydrogens (tertiary/aromatic N) is 4. The molecule has 4 aliphatic rings. The molecule has 3 N–H and O–H groups in total. The Balaban J connectivity index is 1.41. The van der Waals surface area contributed by atoms with Gasteiger partial charge in [-0.3, -0.25) is 5.43 Å². The molecule has 2 fully saturated rings. The van der Waals surface area contributed by atoms with Gasteiger partial charge in [0.2, 0.25) is 0 Å². The molecule has 4 rings (SSSR count). The van der Waals surface area contributed by atoms with Crippen LogP contribution in [0.1, 0.15) is 26.2 Å². The topological polar surface area (TPSA) is 87.7 Å². The fraction of sp³-hybridized carbons (Fsp3) is 0.500. The molecular weight excluding hydrogens is 404 g/mol. The summed E-state index contributed by atoms with van der Waals surface area (Å²) < 4.78 is 11.4. The van der Waals surface area contributed by atoms with Gasteiger partial charge in [0.1, 0.15) is 11.4 Å². The highest BCUT2D eigenvalue weighted by Crippen LogP contribution is 2.43. The van der Waals surface area contributed by atoms with Crippen LogP contribution in [0.15, 0.2) is 70.0 Å². The highest BCUT2D eigenvalue weighted by Gasteiger charge is 2.42. The molecule has 2 aliphatic heterocycles. The molecule has 1 atom stereocenters. The van der Waals surface area contributed by atoms with Crippen molar-refractivity contribution in [1.82, 2.24) is 15.2 Å². The van der Waals surface area contributed by atoms with Crippen LogP contribution in [0, 0.1) is 5.92 Å². The zero-order chi connectivity index (χ0) is 22.7. The van der Waals surface area contributed by atoms with Gasteiger partial charge in [-0.25, -0.2) is 4.99 Å². The molecule has 0 bridgehead atoms. The summed E-state index contributed by atoms with van der Waals surface area (Å²) in [6.07, 6.45) is 10.5. The molecule has 0 aromatic heterocycles. The second-order valence-corrected chi connectivity index (χ2v) is 8.95. The van der Waals surface area contributed by atoms with Gasteiger partial charge in [0.05, 0.1) is 30.3 Å². The van der Waals surface area contributed by atoms with Crippen LogP contribution in [0.5, 0.6) is 0 Å². The summed E-state index contributed by atoms with van der Waals surface area (Å²) in [6, 6.07) is 0. The predicted molar refractivity (Wildman–Crippen MR) is 128 cm³/mol. The van der Waals surface area contributed by atoms with E-state index in [-0.39, 0.29) is 11.5 Å². The van der Waals surface area contributed by atoms with Crippen LogP contribution in [0.4, 0.5) is 0 Å². The first-order valence-electron chi connectivity index (χ1n) is 11.2. The molecular formula is C24H34N6O2. The SMILES string of the molecule is C=C(/C=C(\N=CN)N1CCN(C(=C)COC)CC1)C1=NNC2=CC=C(OC3(C)CC3)C[C@@H]21. The molecule has 32 heavy (non-hydrogen) atoms. The molecule has 0 aromatic rings. The first-order chi connectivity index (χ1) is 15.4. The van der Waals surface area contributed by atoms with Crippen LogP contribution in [-0.2, 0) is 9.47 Å². The molecule has 8 heteroatoms. The van der Waals surface area contributed by atoms with Gasteiger partial charge < -0.3 is 25.0 Å². The van der Waals surface area contributed by atoms with Crippen LogP contribution in [0.3, 0.4) is 0 Å². The first-order valence-corrected chi connectivity index (χ1v) is 11.2. The van der Waals surface area contributed by atoms with Gasteiger partial charge in [0.25, 0.3) is 0 Å². The number of piperazine rings is 1. The van der Waals surface area contributed by atoms with Crippen LogP contribution < -0.4 is 11.2 Å². The minimum absolute atomic E-state index is 0.0111. The Kier molecular flexibility index (Phi) is 6.41. The second kappa shape index (κ2) is 9.24. The minimum Gasteiger partial charge on any atom is -0.492 e. The van der Waals surface area contributed by atoms with Crippen LogP contribution in [0.2, 0.25) is 0 Å². The Morgan fingerprint density at radius 1 is 1.28 bits per heavy atom. The Hall–Kier alpha value is -3.00. The third kappa shape index (κ3) is 4.91. The molecule has 0 amide bonds. The molecule has 2 aliphatic carbocycles. The number of hydrogen-bond donors (Lipinski definition) is 2. The van der Waals surface area contributed by atoms with Crippen molar-refractivity contribution in [2.75, 3.05) is 39.9 Å². The van der Waals surface area contributed by atoms with Gasteiger partial charge in [-0.05, 0) is 43.6 Å². The van der Waals surface area contributed by atoms with Gasteiger partial charge >= 0.3 is 0 Å². The highest BCUT2D eigenvalue weighted by molar-refractivity contribution is 6.06. The summed E-state index contributed by atoms with van der Waals surface area (Å²) in [4.78, 5) is 8.89. The summed E-state index contributed by atoms with van der Waals surface area (Å²) in [5.74, 6) is 1.93. The van der Waals surface area contributed by atoms with Gasteiger partial charge in [-0.2, -0.15) is 5.10 Å². The average Bonchev–Trinajstić information content (AvgIpc) is 3.35. The largest absolute Gasteiger partial charge is 0.492 e. The van der Waals surface area contributed by atoms with E-state index in [9.17, 15) is 0 Å². The van der Waals surface area contributed by atoms with E-state index in [1.807, 2.05) is 6.08 Å². The monoisotopic (exact) mass is 438 g/mol. The van der Waals surface area contributed by atoms with Gasteiger partial charge in [0, 0.05) is 51.1 Å². The lowest BCUT2D eigenvalue weighted by Gasteiger charge is -2.38. The van der Waals surface area contributed by atoms with Crippen molar-refractivity contribution < 1.29 is 9.47 Å². The number of hydrazone groups is 1. The van der Waals surface area contributed by atoms with E-state index in [1.54, 1.807) is 7.11 Å². The lowest BCUT2D eigenvalue weighted by atomic mass is 9.88. The van der Waals surface area contributed by atoms with Crippen molar-refractivity contribution in [3.05, 3.63) is 59.9 Å². The molecule has 1 saturated heterocycles. The van der Waals surface area contributed by atoms with E-state index >= 15 is 0 Å². The molecule has 0 unspecified atom stereocenters. The number of nitrogens with one attached hydrogen (secondary N) is 1. The number of aliphatic imine (C=N–C) groups is 1. The summed E-state index contributed by atoms with van der Waals surface area (Å²) in [7, 11) is 1.69. The molecule has 0 radical (unpaired) electrons. The fourth-order valence-corrected chi connectivity index (χ4v) is 4.23. The number of fused-ring (bicyclic) bond motifs is 1. The molecule has 8 nitrogen and oxygen atoms in total. The number of methoxy groups -OCH3 is 1. The maximum absolute atomic E-state index is 6.21. The van der Waals surface area contributed by atoms with E-state index in [4.69, 9.17) is 15.2 Å². The Morgan fingerprint density at radius 3 is 2.66 bits per heavy atom. The Bertz CT molecular complexity index is 917. The van der Waals surface area contributed by atoms with Gasteiger partial charge in [0.15, 0.2) is 0 Å². The van der Waals surface area contributed by atoms with Crippen LogP contribution >= 0.6 is 0 Å². The molecule has 0 aromatic carbocycles. The summed E-state index contributed by atoms with van der Waals surface area (Å²) in [5.41, 5.74) is 12.7. The Labute approximate surface area is 190 Å². The van der Waals surface area contributed by atoms with E-state index in [0.717, 1.165) is 79.7 Å². The highest BCUT2D eigenvalue weighted by atomic mass is 16.5. The van der Waals surface area contributed by atoms with Crippen molar-refractivity contribution in [3.8, 4) is 0 Å². The van der Waals surface area contributed by atoms with Crippen LogP contribution in [0.25, 0.3) is 0 Å². The third-order valence-electron chi connectivity index (χ3n) is 6.40. The lowest BCUT2D eigenvalue weighted by molar-refractivity contribution is 0.101. The number of rotatable bonds is 9. The zero-order valence-electron chi connectivity index (χ0n) is 19.1. The number of ether oxygens (including phenoxy) is 2. The summed E-state index contributed by atoms with van der Waals surface area (Å²) in [6.45, 7) is 14.5. The Morgan fingerprint density at radius 2 is 2.00 bits per heavy atom. The molecule has 2 heterocycles. The second-order valence-electron chi connectivity index (χ2n) is 8.95. The van der Waals surface area contributed by atoms with Gasteiger partial charge in [-0.1, -0.05) is 13.2 Å². The quantitative estimate of drug-likeness (QED) is 0.327. The van der Waals surface area contributed by atoms with E-state index in [1.165, 1.54) is 6.34 Å².